The number of nitrogens with zero attached hydrogens (tertiary/aromatic N) is 3. The summed E-state index contributed by atoms with van der Waals surface area (Å²) in [4.78, 5) is 29.3. The Morgan fingerprint density at radius 3 is 2.56 bits per heavy atom. The lowest BCUT2D eigenvalue weighted by Gasteiger charge is -2.21. The molecule has 1 amide bonds. The molecule has 0 aliphatic rings. The summed E-state index contributed by atoms with van der Waals surface area (Å²) in [5, 5.41) is 8.76. The van der Waals surface area contributed by atoms with Crippen molar-refractivity contribution < 1.29 is 19.1 Å². The highest BCUT2D eigenvalue weighted by molar-refractivity contribution is 5.85. The molecule has 0 atom stereocenters. The molecule has 0 spiro atoms. The van der Waals surface area contributed by atoms with Crippen LogP contribution in [-0.4, -0.2) is 54.1 Å². The van der Waals surface area contributed by atoms with Crippen molar-refractivity contribution in [1.82, 2.24) is 9.88 Å². The zero-order valence-corrected chi connectivity index (χ0v) is 10.7. The lowest BCUT2D eigenvalue weighted by atomic mass is 10.4. The second-order valence-electron chi connectivity index (χ2n) is 4.03. The van der Waals surface area contributed by atoms with Gasteiger partial charge in [0, 0.05) is 20.6 Å². The van der Waals surface area contributed by atoms with E-state index in [0.717, 1.165) is 12.7 Å². The first-order chi connectivity index (χ1) is 8.45. The second kappa shape index (κ2) is 6.04. The van der Waals surface area contributed by atoms with Crippen molar-refractivity contribution in [3.8, 4) is 0 Å². The van der Waals surface area contributed by atoms with Crippen molar-refractivity contribution in [2.75, 3.05) is 32.1 Å². The van der Waals surface area contributed by atoms with E-state index in [1.807, 2.05) is 6.92 Å². The minimum atomic E-state index is -1.15. The van der Waals surface area contributed by atoms with Gasteiger partial charge in [0.2, 0.25) is 5.91 Å². The number of anilines is 1. The van der Waals surface area contributed by atoms with E-state index < -0.39 is 5.97 Å². The van der Waals surface area contributed by atoms with Crippen molar-refractivity contribution in [3.63, 3.8) is 0 Å². The fourth-order valence-electron chi connectivity index (χ4n) is 1.32. The molecule has 0 bridgehead atoms. The first-order valence-electron chi connectivity index (χ1n) is 5.59. The number of aromatic nitrogens is 1. The van der Waals surface area contributed by atoms with E-state index in [-0.39, 0.29) is 24.2 Å². The normalized spacial score (nSPS) is 10.2. The Hall–Kier alpha value is -2.05. The molecular weight excluding hydrogens is 238 g/mol. The third-order valence-corrected chi connectivity index (χ3v) is 2.30. The Bertz CT molecular complexity index is 428. The molecule has 0 aromatic carbocycles. The molecule has 1 aromatic heterocycles. The molecule has 1 rings (SSSR count). The van der Waals surface area contributed by atoms with Crippen LogP contribution < -0.4 is 4.90 Å². The molecule has 1 heterocycles. The van der Waals surface area contributed by atoms with Gasteiger partial charge in [-0.2, -0.15) is 4.98 Å². The van der Waals surface area contributed by atoms with Gasteiger partial charge < -0.3 is 19.3 Å². The highest BCUT2D eigenvalue weighted by atomic mass is 16.4. The number of carboxylic acid groups (broad SMARTS) is 1. The minimum Gasteiger partial charge on any atom is -0.476 e. The van der Waals surface area contributed by atoms with E-state index in [9.17, 15) is 9.59 Å². The molecule has 100 valence electrons. The van der Waals surface area contributed by atoms with E-state index in [1.165, 1.54) is 4.90 Å². The molecule has 18 heavy (non-hydrogen) atoms. The zero-order valence-electron chi connectivity index (χ0n) is 10.7. The lowest BCUT2D eigenvalue weighted by Crippen LogP contribution is -2.37. The Morgan fingerprint density at radius 1 is 1.44 bits per heavy atom. The lowest BCUT2D eigenvalue weighted by molar-refractivity contribution is -0.127. The topological polar surface area (TPSA) is 86.9 Å². The Morgan fingerprint density at radius 2 is 2.11 bits per heavy atom. The first-order valence-corrected chi connectivity index (χ1v) is 5.59. The van der Waals surface area contributed by atoms with Crippen molar-refractivity contribution in [2.45, 2.75) is 13.3 Å². The van der Waals surface area contributed by atoms with Gasteiger partial charge in [-0.1, -0.05) is 6.92 Å². The summed E-state index contributed by atoms with van der Waals surface area (Å²) in [6, 6.07) is 0.157. The van der Waals surface area contributed by atoms with Gasteiger partial charge in [-0.15, -0.1) is 0 Å². The number of carbonyl (C=O) groups is 2. The van der Waals surface area contributed by atoms with Crippen molar-refractivity contribution in [3.05, 3.63) is 12.0 Å². The largest absolute Gasteiger partial charge is 0.476 e. The fraction of sp³-hybridized carbons (Fsp3) is 0.545. The predicted molar refractivity (Wildman–Crippen MR) is 64.7 cm³/mol. The molecule has 1 aromatic rings. The summed E-state index contributed by atoms with van der Waals surface area (Å²) in [5.41, 5.74) is -0.164. The highest BCUT2D eigenvalue weighted by Gasteiger charge is 2.19. The number of likely N-dealkylation sites (N-methyl/N-ethyl adjacent to an activating group) is 1. The second-order valence-corrected chi connectivity index (χ2v) is 4.03. The Labute approximate surface area is 105 Å². The number of carboxylic acids is 1. The summed E-state index contributed by atoms with van der Waals surface area (Å²) >= 11 is 0. The van der Waals surface area contributed by atoms with Gasteiger partial charge in [-0.3, -0.25) is 4.79 Å². The third kappa shape index (κ3) is 3.47. The van der Waals surface area contributed by atoms with Gasteiger partial charge in [0.15, 0.2) is 5.69 Å². The molecule has 0 radical (unpaired) electrons. The van der Waals surface area contributed by atoms with E-state index in [0.29, 0.717) is 6.54 Å². The SMILES string of the molecule is CCCN(CC(=O)N(C)C)c1nc(C(=O)O)co1. The molecule has 0 saturated heterocycles. The van der Waals surface area contributed by atoms with Crippen LogP contribution in [0.1, 0.15) is 23.8 Å². The number of carbonyl (C=O) groups excluding carboxylic acids is 1. The standard InChI is InChI=1S/C11H17N3O4/c1-4-5-14(6-9(15)13(2)3)11-12-8(7-18-11)10(16)17/h7H,4-6H2,1-3H3,(H,16,17). The van der Waals surface area contributed by atoms with Crippen LogP contribution in [0.5, 0.6) is 0 Å². The van der Waals surface area contributed by atoms with Crippen LogP contribution >= 0.6 is 0 Å². The smallest absolute Gasteiger partial charge is 0.357 e. The maximum Gasteiger partial charge on any atom is 0.357 e. The number of aromatic carboxylic acids is 1. The van der Waals surface area contributed by atoms with Crippen LogP contribution in [0.15, 0.2) is 10.7 Å². The summed E-state index contributed by atoms with van der Waals surface area (Å²) in [6.07, 6.45) is 1.87. The van der Waals surface area contributed by atoms with Crippen LogP contribution in [0.3, 0.4) is 0 Å². The molecule has 0 aliphatic heterocycles. The van der Waals surface area contributed by atoms with Crippen molar-refractivity contribution >= 4 is 17.9 Å². The van der Waals surface area contributed by atoms with Gasteiger partial charge in [-0.25, -0.2) is 4.79 Å². The molecule has 7 nitrogen and oxygen atoms in total. The third-order valence-electron chi connectivity index (χ3n) is 2.30. The maximum atomic E-state index is 11.6. The summed E-state index contributed by atoms with van der Waals surface area (Å²) in [5.74, 6) is -1.25. The summed E-state index contributed by atoms with van der Waals surface area (Å²) in [6.45, 7) is 2.63. The predicted octanol–water partition coefficient (Wildman–Crippen LogP) is 0.677. The fourth-order valence-corrected chi connectivity index (χ4v) is 1.32. The van der Waals surface area contributed by atoms with Crippen LogP contribution in [0.25, 0.3) is 0 Å². The van der Waals surface area contributed by atoms with Crippen LogP contribution in [0, 0.1) is 0 Å². The van der Waals surface area contributed by atoms with Crippen molar-refractivity contribution in [2.24, 2.45) is 0 Å². The van der Waals surface area contributed by atoms with Gasteiger partial charge in [0.1, 0.15) is 12.8 Å². The summed E-state index contributed by atoms with van der Waals surface area (Å²) in [7, 11) is 3.31. The van der Waals surface area contributed by atoms with E-state index in [1.54, 1.807) is 19.0 Å². The average molecular weight is 255 g/mol. The number of amides is 1. The summed E-state index contributed by atoms with van der Waals surface area (Å²) < 4.78 is 5.08. The van der Waals surface area contributed by atoms with Gasteiger partial charge in [0.25, 0.3) is 6.01 Å². The van der Waals surface area contributed by atoms with E-state index >= 15 is 0 Å². The van der Waals surface area contributed by atoms with Gasteiger partial charge in [0.05, 0.1) is 0 Å². The number of hydrogen-bond donors (Lipinski definition) is 1. The quantitative estimate of drug-likeness (QED) is 0.804. The monoisotopic (exact) mass is 255 g/mol. The number of rotatable bonds is 6. The Kier molecular flexibility index (Phi) is 4.70. The molecule has 1 N–H and O–H groups in total. The van der Waals surface area contributed by atoms with Crippen LogP contribution in [0.4, 0.5) is 6.01 Å². The molecule has 0 fully saturated rings. The molecular formula is C11H17N3O4. The van der Waals surface area contributed by atoms with E-state index in [4.69, 9.17) is 9.52 Å². The minimum absolute atomic E-state index is 0.0986. The van der Waals surface area contributed by atoms with Crippen LogP contribution in [-0.2, 0) is 4.79 Å². The number of hydrogen-bond acceptors (Lipinski definition) is 5. The van der Waals surface area contributed by atoms with E-state index in [2.05, 4.69) is 4.98 Å². The van der Waals surface area contributed by atoms with Crippen molar-refractivity contribution in [1.29, 1.82) is 0 Å². The molecule has 0 unspecified atom stereocenters. The Balaban J connectivity index is 2.83. The molecule has 0 saturated carbocycles. The van der Waals surface area contributed by atoms with Gasteiger partial charge >= 0.3 is 5.97 Å². The van der Waals surface area contributed by atoms with Crippen LogP contribution in [0.2, 0.25) is 0 Å². The first kappa shape index (κ1) is 14.0. The number of oxazole rings is 1. The zero-order chi connectivity index (χ0) is 13.7. The molecule has 7 heteroatoms. The molecule has 0 aliphatic carbocycles. The maximum absolute atomic E-state index is 11.6. The highest BCUT2D eigenvalue weighted by Crippen LogP contribution is 2.14. The van der Waals surface area contributed by atoms with Gasteiger partial charge in [-0.05, 0) is 6.42 Å². The average Bonchev–Trinajstić information content (AvgIpc) is 2.77.